The van der Waals surface area contributed by atoms with Crippen molar-refractivity contribution in [3.05, 3.63) is 28.4 Å². The molecule has 0 fully saturated rings. The SMILES string of the molecule is CCc1nccc2[nH]c(=O)[nH]c12. The number of nitrogens with zero attached hydrogens (tertiary/aromatic N) is 1. The van der Waals surface area contributed by atoms with Crippen molar-refractivity contribution in [2.24, 2.45) is 0 Å². The summed E-state index contributed by atoms with van der Waals surface area (Å²) in [4.78, 5) is 20.5. The molecule has 0 aliphatic carbocycles. The molecule has 0 atom stereocenters. The Hall–Kier alpha value is -1.58. The number of imidazole rings is 1. The summed E-state index contributed by atoms with van der Waals surface area (Å²) in [5.74, 6) is 0. The van der Waals surface area contributed by atoms with Crippen molar-refractivity contribution < 1.29 is 0 Å². The highest BCUT2D eigenvalue weighted by atomic mass is 16.1. The predicted octanol–water partition coefficient (Wildman–Crippen LogP) is 0.814. The molecule has 0 amide bonds. The van der Waals surface area contributed by atoms with E-state index in [2.05, 4.69) is 15.0 Å². The van der Waals surface area contributed by atoms with E-state index in [1.54, 1.807) is 12.3 Å². The van der Waals surface area contributed by atoms with Crippen molar-refractivity contribution >= 4 is 11.0 Å². The van der Waals surface area contributed by atoms with E-state index in [9.17, 15) is 4.79 Å². The summed E-state index contributed by atoms with van der Waals surface area (Å²) in [5.41, 5.74) is 2.40. The van der Waals surface area contributed by atoms with Crippen molar-refractivity contribution in [3.63, 3.8) is 0 Å². The van der Waals surface area contributed by atoms with Crippen LogP contribution in [-0.4, -0.2) is 15.0 Å². The summed E-state index contributed by atoms with van der Waals surface area (Å²) in [6.45, 7) is 2.01. The highest BCUT2D eigenvalue weighted by Gasteiger charge is 2.02. The van der Waals surface area contributed by atoms with Crippen molar-refractivity contribution in [2.75, 3.05) is 0 Å². The maximum absolute atomic E-state index is 10.9. The first-order valence-electron chi connectivity index (χ1n) is 3.87. The average Bonchev–Trinajstić information content (AvgIpc) is 2.44. The Morgan fingerprint density at radius 1 is 1.50 bits per heavy atom. The third kappa shape index (κ3) is 0.922. The van der Waals surface area contributed by atoms with E-state index in [-0.39, 0.29) is 5.69 Å². The van der Waals surface area contributed by atoms with Gasteiger partial charge in [-0.2, -0.15) is 0 Å². The lowest BCUT2D eigenvalue weighted by atomic mass is 10.2. The number of aromatic nitrogens is 3. The second kappa shape index (κ2) is 2.48. The molecule has 0 radical (unpaired) electrons. The van der Waals surface area contributed by atoms with Gasteiger partial charge >= 0.3 is 5.69 Å². The van der Waals surface area contributed by atoms with Gasteiger partial charge in [-0.05, 0) is 12.5 Å². The van der Waals surface area contributed by atoms with Gasteiger partial charge in [0.15, 0.2) is 0 Å². The molecular formula is C8H9N3O. The van der Waals surface area contributed by atoms with E-state index in [4.69, 9.17) is 0 Å². The third-order valence-electron chi connectivity index (χ3n) is 1.85. The molecule has 0 aromatic carbocycles. The number of H-pyrrole nitrogens is 2. The number of aromatic amines is 2. The van der Waals surface area contributed by atoms with E-state index in [1.165, 1.54) is 0 Å². The Kier molecular flexibility index (Phi) is 1.46. The second-order valence-electron chi connectivity index (χ2n) is 2.61. The quantitative estimate of drug-likeness (QED) is 0.653. The lowest BCUT2D eigenvalue weighted by molar-refractivity contribution is 1.05. The van der Waals surface area contributed by atoms with E-state index >= 15 is 0 Å². The van der Waals surface area contributed by atoms with Gasteiger partial charge in [0.05, 0.1) is 16.7 Å². The molecule has 2 heterocycles. The van der Waals surface area contributed by atoms with Crippen LogP contribution in [-0.2, 0) is 6.42 Å². The minimum Gasteiger partial charge on any atom is -0.306 e. The van der Waals surface area contributed by atoms with Crippen LogP contribution in [0.4, 0.5) is 0 Å². The Labute approximate surface area is 68.7 Å². The van der Waals surface area contributed by atoms with E-state index in [0.29, 0.717) is 0 Å². The van der Waals surface area contributed by atoms with E-state index in [1.807, 2.05) is 6.92 Å². The molecule has 4 heteroatoms. The summed E-state index contributed by atoms with van der Waals surface area (Å²) < 4.78 is 0. The lowest BCUT2D eigenvalue weighted by Gasteiger charge is -1.94. The van der Waals surface area contributed by atoms with Gasteiger partial charge in [0.25, 0.3) is 0 Å². The van der Waals surface area contributed by atoms with Gasteiger partial charge in [0, 0.05) is 6.20 Å². The van der Waals surface area contributed by atoms with Crippen molar-refractivity contribution in [1.82, 2.24) is 15.0 Å². The first-order chi connectivity index (χ1) is 5.81. The zero-order valence-electron chi connectivity index (χ0n) is 6.72. The number of hydrogen-bond donors (Lipinski definition) is 2. The minimum atomic E-state index is -0.173. The Bertz CT molecular complexity index is 455. The standard InChI is InChI=1S/C8H9N3O/c1-2-5-7-6(3-4-9-5)10-8(12)11-7/h3-4H,2H2,1H3,(H2,10,11,12). The summed E-state index contributed by atoms with van der Waals surface area (Å²) in [6.07, 6.45) is 2.52. The van der Waals surface area contributed by atoms with Gasteiger partial charge < -0.3 is 9.97 Å². The molecular weight excluding hydrogens is 154 g/mol. The molecule has 2 N–H and O–H groups in total. The molecule has 0 saturated heterocycles. The Morgan fingerprint density at radius 3 is 3.08 bits per heavy atom. The smallest absolute Gasteiger partial charge is 0.306 e. The third-order valence-corrected chi connectivity index (χ3v) is 1.85. The van der Waals surface area contributed by atoms with Crippen LogP contribution in [0.5, 0.6) is 0 Å². The molecule has 2 aromatic heterocycles. The molecule has 62 valence electrons. The van der Waals surface area contributed by atoms with Gasteiger partial charge in [-0.1, -0.05) is 6.92 Å². The van der Waals surface area contributed by atoms with E-state index in [0.717, 1.165) is 23.1 Å². The highest BCUT2D eigenvalue weighted by Crippen LogP contribution is 2.09. The van der Waals surface area contributed by atoms with Crippen LogP contribution in [0.3, 0.4) is 0 Å². The summed E-state index contributed by atoms with van der Waals surface area (Å²) in [6, 6.07) is 1.78. The fourth-order valence-electron chi connectivity index (χ4n) is 1.28. The summed E-state index contributed by atoms with van der Waals surface area (Å²) in [7, 11) is 0. The second-order valence-corrected chi connectivity index (χ2v) is 2.61. The highest BCUT2D eigenvalue weighted by molar-refractivity contribution is 5.76. The van der Waals surface area contributed by atoms with Gasteiger partial charge in [-0.15, -0.1) is 0 Å². The Morgan fingerprint density at radius 2 is 2.33 bits per heavy atom. The number of nitrogens with one attached hydrogen (secondary N) is 2. The van der Waals surface area contributed by atoms with Gasteiger partial charge in [0.1, 0.15) is 0 Å². The lowest BCUT2D eigenvalue weighted by Crippen LogP contribution is -1.99. The fraction of sp³-hybridized carbons (Fsp3) is 0.250. The first kappa shape index (κ1) is 7.09. The molecule has 0 unspecified atom stereocenters. The maximum Gasteiger partial charge on any atom is 0.323 e. The van der Waals surface area contributed by atoms with Crippen LogP contribution in [0, 0.1) is 0 Å². The maximum atomic E-state index is 10.9. The van der Waals surface area contributed by atoms with E-state index < -0.39 is 0 Å². The molecule has 0 aliphatic rings. The van der Waals surface area contributed by atoms with Crippen LogP contribution in [0.2, 0.25) is 0 Å². The zero-order valence-corrected chi connectivity index (χ0v) is 6.72. The Balaban J connectivity index is 2.87. The van der Waals surface area contributed by atoms with Crippen LogP contribution >= 0.6 is 0 Å². The number of pyridine rings is 1. The van der Waals surface area contributed by atoms with Crippen LogP contribution < -0.4 is 5.69 Å². The molecule has 0 spiro atoms. The first-order valence-corrected chi connectivity index (χ1v) is 3.87. The van der Waals surface area contributed by atoms with Gasteiger partial charge in [0.2, 0.25) is 0 Å². The van der Waals surface area contributed by atoms with Crippen LogP contribution in [0.15, 0.2) is 17.1 Å². The molecule has 4 nitrogen and oxygen atoms in total. The number of rotatable bonds is 1. The largest absolute Gasteiger partial charge is 0.323 e. The molecule has 0 bridgehead atoms. The fourth-order valence-corrected chi connectivity index (χ4v) is 1.28. The molecule has 0 aliphatic heterocycles. The van der Waals surface area contributed by atoms with Crippen molar-refractivity contribution in [2.45, 2.75) is 13.3 Å². The zero-order chi connectivity index (χ0) is 8.55. The summed E-state index contributed by atoms with van der Waals surface area (Å²) >= 11 is 0. The van der Waals surface area contributed by atoms with Crippen LogP contribution in [0.1, 0.15) is 12.6 Å². The number of aryl methyl sites for hydroxylation is 1. The number of fused-ring (bicyclic) bond motifs is 1. The predicted molar refractivity (Wildman–Crippen MR) is 46.1 cm³/mol. The molecule has 12 heavy (non-hydrogen) atoms. The average molecular weight is 163 g/mol. The van der Waals surface area contributed by atoms with Gasteiger partial charge in [-0.3, -0.25) is 4.98 Å². The van der Waals surface area contributed by atoms with Crippen LogP contribution in [0.25, 0.3) is 11.0 Å². The van der Waals surface area contributed by atoms with Gasteiger partial charge in [-0.25, -0.2) is 4.79 Å². The van der Waals surface area contributed by atoms with Crippen molar-refractivity contribution in [1.29, 1.82) is 0 Å². The minimum absolute atomic E-state index is 0.173. The topological polar surface area (TPSA) is 61.5 Å². The number of hydrogen-bond acceptors (Lipinski definition) is 2. The monoisotopic (exact) mass is 163 g/mol. The molecule has 0 saturated carbocycles. The molecule has 2 rings (SSSR count). The molecule has 2 aromatic rings. The normalized spacial score (nSPS) is 10.8. The van der Waals surface area contributed by atoms with Crippen molar-refractivity contribution in [3.8, 4) is 0 Å². The summed E-state index contributed by atoms with van der Waals surface area (Å²) in [5, 5.41) is 0.